The van der Waals surface area contributed by atoms with Crippen molar-refractivity contribution in [2.24, 2.45) is 0 Å². The zero-order valence-corrected chi connectivity index (χ0v) is 16.9. The maximum absolute atomic E-state index is 12.3. The van der Waals surface area contributed by atoms with Gasteiger partial charge in [0.15, 0.2) is 18.1 Å². The third kappa shape index (κ3) is 7.72. The van der Waals surface area contributed by atoms with Gasteiger partial charge in [-0.2, -0.15) is 0 Å². The summed E-state index contributed by atoms with van der Waals surface area (Å²) in [6.45, 7) is 13.2. The van der Waals surface area contributed by atoms with Crippen molar-refractivity contribution >= 4 is 11.9 Å². The molecule has 0 unspecified atom stereocenters. The average molecular weight is 377 g/mol. The molecular formula is C21H31NO5. The Hall–Kier alpha value is -2.50. The van der Waals surface area contributed by atoms with Crippen molar-refractivity contribution in [3.63, 3.8) is 0 Å². The van der Waals surface area contributed by atoms with Crippen LogP contribution < -0.4 is 9.47 Å². The van der Waals surface area contributed by atoms with Gasteiger partial charge < -0.3 is 19.1 Å². The van der Waals surface area contributed by atoms with Crippen LogP contribution >= 0.6 is 0 Å². The second-order valence-corrected chi connectivity index (χ2v) is 6.24. The number of hydrogen-bond acceptors (Lipinski definition) is 5. The highest BCUT2D eigenvalue weighted by molar-refractivity contribution is 5.92. The van der Waals surface area contributed by atoms with Crippen LogP contribution in [-0.2, 0) is 9.53 Å². The minimum atomic E-state index is -0.573. The minimum absolute atomic E-state index is 0.251. The predicted octanol–water partition coefficient (Wildman–Crippen LogP) is 3.85. The molecule has 0 spiro atoms. The van der Waals surface area contributed by atoms with Crippen LogP contribution in [0.1, 0.15) is 50.9 Å². The first-order valence-electron chi connectivity index (χ1n) is 9.41. The van der Waals surface area contributed by atoms with Crippen LogP contribution in [0.25, 0.3) is 0 Å². The maximum atomic E-state index is 12.3. The first kappa shape index (κ1) is 22.5. The highest BCUT2D eigenvalue weighted by Crippen LogP contribution is 2.29. The maximum Gasteiger partial charge on any atom is 0.338 e. The molecule has 6 heteroatoms. The fourth-order valence-electron chi connectivity index (χ4n) is 2.35. The molecule has 0 saturated heterocycles. The van der Waals surface area contributed by atoms with Crippen molar-refractivity contribution in [2.75, 3.05) is 32.9 Å². The van der Waals surface area contributed by atoms with E-state index in [0.717, 1.165) is 18.4 Å². The smallest absolute Gasteiger partial charge is 0.338 e. The standard InChI is InChI=1S/C21H31NO5/c1-6-9-12-26-18-11-10-17(13-19(18)25-8-3)21(24)27-15-20(23)22(7-2)14-16(4)5/h10-11,13H,4,6-9,12,14-15H2,1-3,5H3. The van der Waals surface area contributed by atoms with Gasteiger partial charge in [0.25, 0.3) is 5.91 Å². The van der Waals surface area contributed by atoms with Crippen LogP contribution in [0, 0.1) is 0 Å². The number of rotatable bonds is 12. The summed E-state index contributed by atoms with van der Waals surface area (Å²) in [6.07, 6.45) is 1.97. The number of esters is 1. The van der Waals surface area contributed by atoms with Crippen molar-refractivity contribution in [1.29, 1.82) is 0 Å². The monoisotopic (exact) mass is 377 g/mol. The lowest BCUT2D eigenvalue weighted by Gasteiger charge is -2.20. The Balaban J connectivity index is 2.74. The third-order valence-corrected chi connectivity index (χ3v) is 3.76. The summed E-state index contributed by atoms with van der Waals surface area (Å²) in [7, 11) is 0. The summed E-state index contributed by atoms with van der Waals surface area (Å²) in [5.74, 6) is 0.262. The van der Waals surface area contributed by atoms with Crippen LogP contribution in [0.5, 0.6) is 11.5 Å². The molecule has 0 aliphatic rings. The lowest BCUT2D eigenvalue weighted by atomic mass is 10.2. The molecule has 1 amide bonds. The Labute approximate surface area is 162 Å². The quantitative estimate of drug-likeness (QED) is 0.314. The van der Waals surface area contributed by atoms with E-state index in [2.05, 4.69) is 13.5 Å². The molecule has 0 aromatic heterocycles. The summed E-state index contributed by atoms with van der Waals surface area (Å²) in [5.41, 5.74) is 1.19. The number of ether oxygens (including phenoxy) is 3. The lowest BCUT2D eigenvalue weighted by molar-refractivity contribution is -0.133. The molecule has 0 aliphatic carbocycles. The van der Waals surface area contributed by atoms with E-state index in [1.807, 2.05) is 20.8 Å². The second kappa shape index (κ2) is 12.0. The summed E-state index contributed by atoms with van der Waals surface area (Å²) < 4.78 is 16.4. The molecule has 0 radical (unpaired) electrons. The molecule has 6 nitrogen and oxygen atoms in total. The van der Waals surface area contributed by atoms with Gasteiger partial charge in [-0.05, 0) is 45.4 Å². The molecule has 0 fully saturated rings. The number of carbonyl (C=O) groups is 2. The summed E-state index contributed by atoms with van der Waals surface area (Å²) in [6, 6.07) is 4.89. The van der Waals surface area contributed by atoms with Crippen molar-refractivity contribution < 1.29 is 23.8 Å². The van der Waals surface area contributed by atoms with E-state index in [1.165, 1.54) is 0 Å². The molecule has 1 aromatic carbocycles. The van der Waals surface area contributed by atoms with Crippen LogP contribution in [0.15, 0.2) is 30.4 Å². The number of benzene rings is 1. The topological polar surface area (TPSA) is 65.1 Å². The van der Waals surface area contributed by atoms with E-state index in [0.29, 0.717) is 43.4 Å². The number of hydrogen-bond donors (Lipinski definition) is 0. The molecule has 0 aliphatic heterocycles. The van der Waals surface area contributed by atoms with E-state index in [9.17, 15) is 9.59 Å². The van der Waals surface area contributed by atoms with Gasteiger partial charge in [-0.25, -0.2) is 4.79 Å². The SMILES string of the molecule is C=C(C)CN(CC)C(=O)COC(=O)c1ccc(OCCCC)c(OCC)c1. The Bertz CT molecular complexity index is 641. The molecule has 0 bridgehead atoms. The Kier molecular flexibility index (Phi) is 10.0. The molecule has 0 saturated carbocycles. The Morgan fingerprint density at radius 1 is 1.11 bits per heavy atom. The number of amides is 1. The van der Waals surface area contributed by atoms with Gasteiger partial charge in [0.1, 0.15) is 0 Å². The Morgan fingerprint density at radius 2 is 1.85 bits per heavy atom. The third-order valence-electron chi connectivity index (χ3n) is 3.76. The van der Waals surface area contributed by atoms with E-state index in [-0.39, 0.29) is 12.5 Å². The van der Waals surface area contributed by atoms with Gasteiger partial charge in [-0.3, -0.25) is 4.79 Å². The van der Waals surface area contributed by atoms with Crippen LogP contribution in [0.3, 0.4) is 0 Å². The number of likely N-dealkylation sites (N-methyl/N-ethyl adjacent to an activating group) is 1. The fourth-order valence-corrected chi connectivity index (χ4v) is 2.35. The molecule has 150 valence electrons. The highest BCUT2D eigenvalue weighted by Gasteiger charge is 2.17. The molecule has 1 rings (SSSR count). The van der Waals surface area contributed by atoms with E-state index in [4.69, 9.17) is 14.2 Å². The van der Waals surface area contributed by atoms with Gasteiger partial charge >= 0.3 is 5.97 Å². The van der Waals surface area contributed by atoms with Crippen molar-refractivity contribution in [2.45, 2.75) is 40.5 Å². The number of nitrogens with zero attached hydrogens (tertiary/aromatic N) is 1. The highest BCUT2D eigenvalue weighted by atomic mass is 16.5. The first-order valence-corrected chi connectivity index (χ1v) is 9.41. The number of carbonyl (C=O) groups excluding carboxylic acids is 2. The fraction of sp³-hybridized carbons (Fsp3) is 0.524. The second-order valence-electron chi connectivity index (χ2n) is 6.24. The largest absolute Gasteiger partial charge is 0.490 e. The summed E-state index contributed by atoms with van der Waals surface area (Å²) in [5, 5.41) is 0. The Morgan fingerprint density at radius 3 is 2.44 bits per heavy atom. The predicted molar refractivity (Wildman–Crippen MR) is 105 cm³/mol. The zero-order valence-electron chi connectivity index (χ0n) is 16.9. The van der Waals surface area contributed by atoms with Crippen molar-refractivity contribution in [3.05, 3.63) is 35.9 Å². The van der Waals surface area contributed by atoms with E-state index >= 15 is 0 Å². The van der Waals surface area contributed by atoms with Crippen molar-refractivity contribution in [1.82, 2.24) is 4.90 Å². The van der Waals surface area contributed by atoms with Crippen LogP contribution in [0.2, 0.25) is 0 Å². The normalized spacial score (nSPS) is 10.2. The molecule has 0 heterocycles. The van der Waals surface area contributed by atoms with Gasteiger partial charge in [0, 0.05) is 13.1 Å². The zero-order chi connectivity index (χ0) is 20.2. The average Bonchev–Trinajstić information content (AvgIpc) is 2.65. The van der Waals surface area contributed by atoms with Gasteiger partial charge in [-0.15, -0.1) is 0 Å². The molecule has 0 atom stereocenters. The van der Waals surface area contributed by atoms with Gasteiger partial charge in [0.2, 0.25) is 0 Å². The molecule has 0 N–H and O–H groups in total. The van der Waals surface area contributed by atoms with E-state index in [1.54, 1.807) is 23.1 Å². The van der Waals surface area contributed by atoms with Crippen LogP contribution in [0.4, 0.5) is 0 Å². The van der Waals surface area contributed by atoms with Crippen LogP contribution in [-0.4, -0.2) is 49.7 Å². The van der Waals surface area contributed by atoms with Gasteiger partial charge in [-0.1, -0.05) is 25.5 Å². The summed E-state index contributed by atoms with van der Waals surface area (Å²) in [4.78, 5) is 26.1. The van der Waals surface area contributed by atoms with Crippen molar-refractivity contribution in [3.8, 4) is 11.5 Å². The van der Waals surface area contributed by atoms with Gasteiger partial charge in [0.05, 0.1) is 18.8 Å². The lowest BCUT2D eigenvalue weighted by Crippen LogP contribution is -2.35. The number of unbranched alkanes of at least 4 members (excludes halogenated alkanes) is 1. The molecule has 1 aromatic rings. The summed E-state index contributed by atoms with van der Waals surface area (Å²) >= 11 is 0. The van der Waals surface area contributed by atoms with E-state index < -0.39 is 5.97 Å². The molecule has 27 heavy (non-hydrogen) atoms. The molecular weight excluding hydrogens is 346 g/mol. The minimum Gasteiger partial charge on any atom is -0.490 e. The first-order chi connectivity index (χ1) is 12.9.